The van der Waals surface area contributed by atoms with E-state index in [0.29, 0.717) is 0 Å². The molecule has 0 aliphatic heterocycles. The Bertz CT molecular complexity index is 34.5. The predicted molar refractivity (Wildman–Crippen MR) is 16.7 cm³/mol. The standard InChI is InChI=1S/C2H4O2.H3N.Zr/c1-2(3)4;;/h1H3,(H,3,4);1H3;/q;;+2. The van der Waals surface area contributed by atoms with E-state index in [1.807, 2.05) is 0 Å². The Morgan fingerprint density at radius 3 is 1.67 bits per heavy atom. The summed E-state index contributed by atoms with van der Waals surface area (Å²) in [4.78, 5) is 8.89. The van der Waals surface area contributed by atoms with Gasteiger partial charge in [0, 0.05) is 5.97 Å². The molecule has 3 nitrogen and oxygen atoms in total. The number of hydrogen-bond acceptors (Lipinski definition) is 2. The summed E-state index contributed by atoms with van der Waals surface area (Å²) in [5.41, 5.74) is 0. The van der Waals surface area contributed by atoms with Gasteiger partial charge >= 0.3 is 26.2 Å². The van der Waals surface area contributed by atoms with E-state index in [4.69, 9.17) is 9.90 Å². The van der Waals surface area contributed by atoms with Crippen molar-refractivity contribution < 1.29 is 36.1 Å². The van der Waals surface area contributed by atoms with E-state index in [1.165, 1.54) is 0 Å². The molecule has 0 radical (unpaired) electrons. The predicted octanol–water partition coefficient (Wildman–Crippen LogP) is -0.870. The van der Waals surface area contributed by atoms with Gasteiger partial charge in [-0.3, -0.25) is 0 Å². The number of aliphatic carboxylic acids is 1. The van der Waals surface area contributed by atoms with Crippen molar-refractivity contribution in [3.8, 4) is 0 Å². The third-order valence-corrected chi connectivity index (χ3v) is 0. The van der Waals surface area contributed by atoms with Crippen molar-refractivity contribution in [2.75, 3.05) is 0 Å². The molecular formula is C2H7NO2Zr+2. The van der Waals surface area contributed by atoms with Crippen LogP contribution in [-0.2, 0) is 31.0 Å². The van der Waals surface area contributed by atoms with Gasteiger partial charge in [-0.25, -0.2) is 0 Å². The van der Waals surface area contributed by atoms with E-state index in [1.54, 1.807) is 0 Å². The monoisotopic (exact) mass is 167 g/mol. The smallest absolute Gasteiger partial charge is 0.550 e. The molecule has 4 heteroatoms. The number of carbonyl (C=O) groups is 1. The molecule has 0 aliphatic rings. The van der Waals surface area contributed by atoms with Crippen molar-refractivity contribution >= 4 is 5.97 Å². The number of quaternary nitrogens is 1. The summed E-state index contributed by atoms with van der Waals surface area (Å²) in [6, 6.07) is 0. The fraction of sp³-hybridized carbons (Fsp3) is 0.500. The number of rotatable bonds is 0. The Balaban J connectivity index is -0.0000000450. The molecule has 6 heavy (non-hydrogen) atoms. The molecule has 0 bridgehead atoms. The van der Waals surface area contributed by atoms with E-state index in [2.05, 4.69) is 0 Å². The van der Waals surface area contributed by atoms with Gasteiger partial charge in [0.1, 0.15) is 0 Å². The number of carboxylic acids is 1. The molecule has 0 unspecified atom stereocenters. The van der Waals surface area contributed by atoms with Crippen LogP contribution in [-0.4, -0.2) is 5.97 Å². The Morgan fingerprint density at radius 2 is 1.67 bits per heavy atom. The van der Waals surface area contributed by atoms with Gasteiger partial charge < -0.3 is 16.1 Å². The molecule has 0 saturated heterocycles. The van der Waals surface area contributed by atoms with Crippen molar-refractivity contribution in [3.63, 3.8) is 0 Å². The molecule has 0 heterocycles. The third-order valence-electron chi connectivity index (χ3n) is 0. The molecule has 34 valence electrons. The Kier molecular flexibility index (Phi) is 24.4. The van der Waals surface area contributed by atoms with Gasteiger partial charge in [0.15, 0.2) is 0 Å². The minimum atomic E-state index is -1.08. The number of hydrogen-bond donors (Lipinski definition) is 1. The molecule has 0 atom stereocenters. The molecule has 0 aromatic carbocycles. The molecule has 0 aromatic heterocycles. The van der Waals surface area contributed by atoms with Crippen molar-refractivity contribution in [1.29, 1.82) is 0 Å². The van der Waals surface area contributed by atoms with Crippen LogP contribution in [0.4, 0.5) is 0 Å². The molecular weight excluding hydrogens is 161 g/mol. The summed E-state index contributed by atoms with van der Waals surface area (Å²) in [6.07, 6.45) is 0. The maximum atomic E-state index is 8.89. The maximum absolute atomic E-state index is 8.89. The Hall–Kier alpha value is 0.313. The van der Waals surface area contributed by atoms with Crippen LogP contribution in [0.25, 0.3) is 0 Å². The van der Waals surface area contributed by atoms with Gasteiger partial charge in [-0.2, -0.15) is 0 Å². The number of carbonyl (C=O) groups excluding carboxylic acids is 1. The largest absolute Gasteiger partial charge is 2.00 e. The second-order valence-electron chi connectivity index (χ2n) is 0.492. The fourth-order valence-corrected chi connectivity index (χ4v) is 0. The molecule has 0 aliphatic carbocycles. The van der Waals surface area contributed by atoms with E-state index in [9.17, 15) is 0 Å². The molecule has 0 saturated carbocycles. The maximum Gasteiger partial charge on any atom is 2.00 e. The fourth-order valence-electron chi connectivity index (χ4n) is 0. The summed E-state index contributed by atoms with van der Waals surface area (Å²) in [5, 5.41) is 8.89. The second-order valence-corrected chi connectivity index (χ2v) is 0.492. The normalized spacial score (nSPS) is 4.17. The zero-order valence-electron chi connectivity index (χ0n) is 3.82. The van der Waals surface area contributed by atoms with Crippen molar-refractivity contribution in [3.05, 3.63) is 0 Å². The Morgan fingerprint density at radius 1 is 1.67 bits per heavy atom. The van der Waals surface area contributed by atoms with Gasteiger partial charge in [-0.15, -0.1) is 0 Å². The third kappa shape index (κ3) is 483. The quantitative estimate of drug-likeness (QED) is 0.510. The molecule has 0 fully saturated rings. The van der Waals surface area contributed by atoms with Crippen LogP contribution in [0.1, 0.15) is 6.92 Å². The van der Waals surface area contributed by atoms with Crippen molar-refractivity contribution in [2.24, 2.45) is 0 Å². The van der Waals surface area contributed by atoms with E-state index in [0.717, 1.165) is 6.92 Å². The van der Waals surface area contributed by atoms with Crippen LogP contribution < -0.4 is 11.3 Å². The van der Waals surface area contributed by atoms with Gasteiger partial charge in [0.05, 0.1) is 0 Å². The van der Waals surface area contributed by atoms with Gasteiger partial charge in [-0.1, -0.05) is 0 Å². The minimum absolute atomic E-state index is 0. The summed E-state index contributed by atoms with van der Waals surface area (Å²) in [7, 11) is 0. The van der Waals surface area contributed by atoms with Crippen LogP contribution in [0.5, 0.6) is 0 Å². The topological polar surface area (TPSA) is 76.6 Å². The summed E-state index contributed by atoms with van der Waals surface area (Å²) in [5.74, 6) is -1.08. The number of carboxylic acid groups (broad SMARTS) is 1. The van der Waals surface area contributed by atoms with E-state index >= 15 is 0 Å². The van der Waals surface area contributed by atoms with Gasteiger partial charge in [0.2, 0.25) is 0 Å². The first-order valence-corrected chi connectivity index (χ1v) is 0.908. The van der Waals surface area contributed by atoms with Crippen LogP contribution in [0.15, 0.2) is 0 Å². The molecule has 0 amide bonds. The summed E-state index contributed by atoms with van der Waals surface area (Å²) < 4.78 is 0. The molecule has 0 spiro atoms. The first kappa shape index (κ1) is 16.2. The van der Waals surface area contributed by atoms with Crippen LogP contribution in [0.3, 0.4) is 0 Å². The zero-order chi connectivity index (χ0) is 3.58. The Labute approximate surface area is 55.4 Å². The minimum Gasteiger partial charge on any atom is -0.550 e. The van der Waals surface area contributed by atoms with Crippen LogP contribution in [0, 0.1) is 0 Å². The zero-order valence-corrected chi connectivity index (χ0v) is 6.27. The second kappa shape index (κ2) is 9.00. The SMILES string of the molecule is CC(=O)[O-].[NH4+].[Zr+2]. The van der Waals surface area contributed by atoms with Gasteiger partial charge in [0.25, 0.3) is 0 Å². The molecule has 4 N–H and O–H groups in total. The molecule has 0 aromatic rings. The van der Waals surface area contributed by atoms with E-state index < -0.39 is 5.97 Å². The van der Waals surface area contributed by atoms with Gasteiger partial charge in [-0.05, 0) is 6.92 Å². The van der Waals surface area contributed by atoms with Crippen LogP contribution >= 0.6 is 0 Å². The van der Waals surface area contributed by atoms with E-state index in [-0.39, 0.29) is 32.4 Å². The molecule has 0 rings (SSSR count). The summed E-state index contributed by atoms with van der Waals surface area (Å²) in [6.45, 7) is 0.972. The van der Waals surface area contributed by atoms with Crippen molar-refractivity contribution in [1.82, 2.24) is 6.15 Å². The first-order chi connectivity index (χ1) is 1.73. The van der Waals surface area contributed by atoms with Crippen LogP contribution in [0.2, 0.25) is 0 Å². The average Bonchev–Trinajstić information content (AvgIpc) is 0.811. The average molecular weight is 168 g/mol. The van der Waals surface area contributed by atoms with Crippen molar-refractivity contribution in [2.45, 2.75) is 6.92 Å². The summed E-state index contributed by atoms with van der Waals surface area (Å²) >= 11 is 0. The first-order valence-electron chi connectivity index (χ1n) is 0.908.